The lowest BCUT2D eigenvalue weighted by molar-refractivity contribution is 0.231. The van der Waals surface area contributed by atoms with Crippen molar-refractivity contribution in [2.45, 2.75) is 19.8 Å². The van der Waals surface area contributed by atoms with Crippen LogP contribution in [0.3, 0.4) is 0 Å². The normalized spacial score (nSPS) is 16.6. The van der Waals surface area contributed by atoms with Crippen LogP contribution in [0, 0.1) is 6.92 Å². The molecule has 0 atom stereocenters. The summed E-state index contributed by atoms with van der Waals surface area (Å²) in [5.41, 5.74) is 6.44. The average Bonchev–Trinajstić information content (AvgIpc) is 2.76. The maximum Gasteiger partial charge on any atom is 0.223 e. The lowest BCUT2D eigenvalue weighted by Gasteiger charge is -2.15. The number of nitrogen functional groups attached to an aromatic ring is 1. The van der Waals surface area contributed by atoms with Crippen LogP contribution in [-0.4, -0.2) is 41.1 Å². The van der Waals surface area contributed by atoms with E-state index in [0.717, 1.165) is 12.1 Å². The van der Waals surface area contributed by atoms with Crippen LogP contribution in [0.4, 0.5) is 5.95 Å². The van der Waals surface area contributed by atoms with E-state index >= 15 is 0 Å². The van der Waals surface area contributed by atoms with Gasteiger partial charge in [-0.3, -0.25) is 4.90 Å². The first-order valence-corrected chi connectivity index (χ1v) is 5.70. The molecule has 2 rings (SSSR count). The van der Waals surface area contributed by atoms with Crippen LogP contribution >= 0.6 is 0 Å². The SMILES string of the molecule is Cc1cnc(N)nc1OCCN1CCCC1. The molecule has 1 aromatic rings. The molecule has 0 aliphatic carbocycles. The zero-order valence-electron chi connectivity index (χ0n) is 9.65. The predicted octanol–water partition coefficient (Wildman–Crippen LogP) is 0.842. The average molecular weight is 222 g/mol. The van der Waals surface area contributed by atoms with E-state index in [9.17, 15) is 0 Å². The largest absolute Gasteiger partial charge is 0.476 e. The summed E-state index contributed by atoms with van der Waals surface area (Å²) in [6, 6.07) is 0. The Kier molecular flexibility index (Phi) is 3.56. The van der Waals surface area contributed by atoms with Gasteiger partial charge >= 0.3 is 0 Å². The van der Waals surface area contributed by atoms with Crippen LogP contribution in [0.5, 0.6) is 5.88 Å². The molecule has 16 heavy (non-hydrogen) atoms. The molecule has 0 radical (unpaired) electrons. The third kappa shape index (κ3) is 2.82. The number of nitrogens with two attached hydrogens (primary N) is 1. The van der Waals surface area contributed by atoms with Gasteiger partial charge in [0.2, 0.25) is 11.8 Å². The summed E-state index contributed by atoms with van der Waals surface area (Å²) < 4.78 is 5.61. The minimum absolute atomic E-state index is 0.266. The molecule has 2 heterocycles. The zero-order chi connectivity index (χ0) is 11.4. The molecule has 1 saturated heterocycles. The van der Waals surface area contributed by atoms with Crippen LogP contribution in [0.15, 0.2) is 6.20 Å². The molecule has 2 N–H and O–H groups in total. The predicted molar refractivity (Wildman–Crippen MR) is 62.4 cm³/mol. The maximum absolute atomic E-state index is 5.61. The molecule has 1 aromatic heterocycles. The van der Waals surface area contributed by atoms with Crippen LogP contribution in [0.2, 0.25) is 0 Å². The number of hydrogen-bond donors (Lipinski definition) is 1. The Labute approximate surface area is 95.6 Å². The molecule has 0 aromatic carbocycles. The first-order chi connectivity index (χ1) is 7.75. The molecule has 1 aliphatic heterocycles. The first kappa shape index (κ1) is 11.1. The smallest absolute Gasteiger partial charge is 0.223 e. The molecule has 5 heteroatoms. The number of rotatable bonds is 4. The summed E-state index contributed by atoms with van der Waals surface area (Å²) in [4.78, 5) is 10.4. The van der Waals surface area contributed by atoms with Gasteiger partial charge in [0.05, 0.1) is 0 Å². The Bertz CT molecular complexity index is 350. The summed E-state index contributed by atoms with van der Waals surface area (Å²) >= 11 is 0. The van der Waals surface area contributed by atoms with Crippen LogP contribution in [-0.2, 0) is 0 Å². The highest BCUT2D eigenvalue weighted by molar-refractivity contribution is 5.28. The third-order valence-electron chi connectivity index (χ3n) is 2.79. The van der Waals surface area contributed by atoms with E-state index in [0.29, 0.717) is 12.5 Å². The van der Waals surface area contributed by atoms with E-state index in [-0.39, 0.29) is 5.95 Å². The fourth-order valence-electron chi connectivity index (χ4n) is 1.86. The quantitative estimate of drug-likeness (QED) is 0.818. The number of nitrogens with zero attached hydrogens (tertiary/aromatic N) is 3. The van der Waals surface area contributed by atoms with E-state index in [1.807, 2.05) is 6.92 Å². The van der Waals surface area contributed by atoms with Crippen molar-refractivity contribution in [1.82, 2.24) is 14.9 Å². The van der Waals surface area contributed by atoms with Gasteiger partial charge in [-0.2, -0.15) is 4.98 Å². The highest BCUT2D eigenvalue weighted by atomic mass is 16.5. The fraction of sp³-hybridized carbons (Fsp3) is 0.636. The molecular formula is C11H18N4O. The molecule has 88 valence electrons. The van der Waals surface area contributed by atoms with Crippen molar-refractivity contribution in [3.05, 3.63) is 11.8 Å². The monoisotopic (exact) mass is 222 g/mol. The Morgan fingerprint density at radius 3 is 2.94 bits per heavy atom. The molecule has 1 aliphatic rings. The number of ether oxygens (including phenoxy) is 1. The first-order valence-electron chi connectivity index (χ1n) is 5.70. The second-order valence-electron chi connectivity index (χ2n) is 4.11. The maximum atomic E-state index is 5.61. The molecule has 0 bridgehead atoms. The van der Waals surface area contributed by atoms with E-state index in [2.05, 4.69) is 14.9 Å². The number of anilines is 1. The van der Waals surface area contributed by atoms with Gasteiger partial charge in [-0.05, 0) is 32.9 Å². The number of hydrogen-bond acceptors (Lipinski definition) is 5. The summed E-state index contributed by atoms with van der Waals surface area (Å²) in [5.74, 6) is 0.869. The van der Waals surface area contributed by atoms with Crippen LogP contribution in [0.25, 0.3) is 0 Å². The second-order valence-corrected chi connectivity index (χ2v) is 4.11. The standard InChI is InChI=1S/C11H18N4O/c1-9-8-13-11(12)14-10(9)16-7-6-15-4-2-3-5-15/h8H,2-7H2,1H3,(H2,12,13,14). The van der Waals surface area contributed by atoms with E-state index in [4.69, 9.17) is 10.5 Å². The molecular weight excluding hydrogens is 204 g/mol. The van der Waals surface area contributed by atoms with Crippen molar-refractivity contribution in [2.24, 2.45) is 0 Å². The second kappa shape index (κ2) is 5.12. The summed E-state index contributed by atoms with van der Waals surface area (Å²) in [5, 5.41) is 0. The molecule has 5 nitrogen and oxygen atoms in total. The van der Waals surface area contributed by atoms with Crippen molar-refractivity contribution in [3.63, 3.8) is 0 Å². The van der Waals surface area contributed by atoms with Crippen molar-refractivity contribution in [2.75, 3.05) is 32.0 Å². The van der Waals surface area contributed by atoms with Crippen molar-refractivity contribution < 1.29 is 4.74 Å². The molecule has 0 unspecified atom stereocenters. The highest BCUT2D eigenvalue weighted by Gasteiger charge is 2.11. The third-order valence-corrected chi connectivity index (χ3v) is 2.79. The lowest BCUT2D eigenvalue weighted by atomic mass is 10.4. The van der Waals surface area contributed by atoms with Crippen LogP contribution < -0.4 is 10.5 Å². The minimum atomic E-state index is 0.266. The topological polar surface area (TPSA) is 64.3 Å². The summed E-state index contributed by atoms with van der Waals surface area (Å²) in [7, 11) is 0. The van der Waals surface area contributed by atoms with E-state index in [1.54, 1.807) is 6.20 Å². The molecule has 0 spiro atoms. The van der Waals surface area contributed by atoms with Gasteiger partial charge in [-0.1, -0.05) is 0 Å². The summed E-state index contributed by atoms with van der Waals surface area (Å²) in [6.45, 7) is 5.92. The van der Waals surface area contributed by atoms with Gasteiger partial charge in [-0.25, -0.2) is 4.98 Å². The van der Waals surface area contributed by atoms with Gasteiger partial charge in [-0.15, -0.1) is 0 Å². The van der Waals surface area contributed by atoms with Gasteiger partial charge in [0.25, 0.3) is 0 Å². The Balaban J connectivity index is 1.82. The van der Waals surface area contributed by atoms with Crippen molar-refractivity contribution >= 4 is 5.95 Å². The van der Waals surface area contributed by atoms with E-state index in [1.165, 1.54) is 25.9 Å². The molecule has 0 saturated carbocycles. The van der Waals surface area contributed by atoms with Crippen LogP contribution in [0.1, 0.15) is 18.4 Å². The Morgan fingerprint density at radius 1 is 1.44 bits per heavy atom. The van der Waals surface area contributed by atoms with Crippen molar-refractivity contribution in [1.29, 1.82) is 0 Å². The zero-order valence-corrected chi connectivity index (χ0v) is 9.65. The lowest BCUT2D eigenvalue weighted by Crippen LogP contribution is -2.25. The van der Waals surface area contributed by atoms with E-state index < -0.39 is 0 Å². The van der Waals surface area contributed by atoms with Gasteiger partial charge in [0, 0.05) is 18.3 Å². The Hall–Kier alpha value is -1.36. The van der Waals surface area contributed by atoms with Gasteiger partial charge in [0.1, 0.15) is 6.61 Å². The number of likely N-dealkylation sites (tertiary alicyclic amines) is 1. The number of aryl methyl sites for hydroxylation is 1. The number of aromatic nitrogens is 2. The highest BCUT2D eigenvalue weighted by Crippen LogP contribution is 2.14. The Morgan fingerprint density at radius 2 is 2.19 bits per heavy atom. The minimum Gasteiger partial charge on any atom is -0.476 e. The summed E-state index contributed by atoms with van der Waals surface area (Å²) in [6.07, 6.45) is 4.30. The fourth-order valence-corrected chi connectivity index (χ4v) is 1.86. The van der Waals surface area contributed by atoms with Gasteiger partial charge in [0.15, 0.2) is 0 Å². The molecule has 0 amide bonds. The molecule has 1 fully saturated rings. The van der Waals surface area contributed by atoms with Crippen molar-refractivity contribution in [3.8, 4) is 5.88 Å². The van der Waals surface area contributed by atoms with Gasteiger partial charge < -0.3 is 10.5 Å².